The first-order valence-corrected chi connectivity index (χ1v) is 23.0. The van der Waals surface area contributed by atoms with E-state index in [1.165, 1.54) is 39.2 Å². The molecule has 5 rings (SSSR count). The van der Waals surface area contributed by atoms with E-state index in [1.54, 1.807) is 0 Å². The van der Waals surface area contributed by atoms with E-state index in [-0.39, 0.29) is 10.9 Å². The molecule has 0 saturated carbocycles. The molecule has 0 heterocycles. The molecule has 0 aromatic heterocycles. The lowest BCUT2D eigenvalue weighted by molar-refractivity contribution is -0.382. The summed E-state index contributed by atoms with van der Waals surface area (Å²) in [6.07, 6.45) is -14.3. The van der Waals surface area contributed by atoms with Gasteiger partial charge in [-0.3, -0.25) is 4.55 Å². The van der Waals surface area contributed by atoms with Crippen molar-refractivity contribution >= 4 is 65.5 Å². The van der Waals surface area contributed by atoms with E-state index >= 15 is 0 Å². The van der Waals surface area contributed by atoms with Crippen LogP contribution in [0.5, 0.6) is 0 Å². The molecule has 0 bridgehead atoms. The number of alkyl halides is 18. The quantitative estimate of drug-likeness (QED) is 0.0573. The van der Waals surface area contributed by atoms with E-state index in [2.05, 4.69) is 156 Å². The van der Waals surface area contributed by atoms with Crippen molar-refractivity contribution in [3.63, 3.8) is 0 Å². The van der Waals surface area contributed by atoms with Gasteiger partial charge in [-0.1, -0.05) is 78.5 Å². The van der Waals surface area contributed by atoms with Crippen molar-refractivity contribution in [2.75, 3.05) is 0 Å². The molecule has 0 spiro atoms. The topological polar surface area (TPSA) is 112 Å². The normalized spacial score (nSPS) is 13.6. The molecule has 0 aliphatic rings. The Bertz CT molecular complexity index is 2540. The van der Waals surface area contributed by atoms with Crippen molar-refractivity contribution in [2.45, 2.75) is 71.0 Å². The number of halogens is 19. The Balaban J connectivity index is 0.000000298. The van der Waals surface area contributed by atoms with Crippen LogP contribution < -0.4 is 0 Å². The summed E-state index contributed by atoms with van der Waals surface area (Å²) in [4.78, 5) is 6.53. The van der Waals surface area contributed by atoms with Gasteiger partial charge < -0.3 is 4.55 Å². The first kappa shape index (κ1) is 57.4. The minimum Gasteiger partial charge on any atom is -0.743 e. The van der Waals surface area contributed by atoms with Crippen molar-refractivity contribution in [3.8, 4) is 11.1 Å². The molecule has 1 N–H and O–H groups in total. The second-order valence-corrected chi connectivity index (χ2v) is 20.0. The van der Waals surface area contributed by atoms with Gasteiger partial charge in [0.05, 0.1) is 10.9 Å². The molecule has 0 atom stereocenters. The van der Waals surface area contributed by atoms with Crippen LogP contribution in [0.4, 0.5) is 79.0 Å². The molecular formula is C38H23F18IO6S4. The lowest BCUT2D eigenvalue weighted by Gasteiger charge is -2.34. The molecule has 0 aliphatic heterocycles. The molecule has 67 heavy (non-hydrogen) atoms. The molecule has 29 heteroatoms. The highest BCUT2D eigenvalue weighted by Gasteiger charge is 2.86. The van der Waals surface area contributed by atoms with Crippen LogP contribution in [0, 0.1) is 3.57 Å². The highest BCUT2D eigenvalue weighted by Crippen LogP contribution is 2.55. The van der Waals surface area contributed by atoms with Gasteiger partial charge in [-0.05, 0) is 100 Å². The fourth-order valence-corrected chi connectivity index (χ4v) is 9.23. The second-order valence-electron chi connectivity index (χ2n) is 12.8. The average Bonchev–Trinajstić information content (AvgIpc) is 3.21. The number of benzene rings is 5. The van der Waals surface area contributed by atoms with Crippen LogP contribution in [0.25, 0.3) is 11.1 Å². The highest BCUT2D eigenvalue weighted by atomic mass is 127. The maximum Gasteiger partial charge on any atom is 0.460 e. The Morgan fingerprint density at radius 1 is 0.448 bits per heavy atom. The fourth-order valence-electron chi connectivity index (χ4n) is 4.74. The summed E-state index contributed by atoms with van der Waals surface area (Å²) in [5.41, 5.74) is 2.54. The third-order valence-corrected chi connectivity index (χ3v) is 14.1. The van der Waals surface area contributed by atoms with E-state index in [1.807, 2.05) is 11.8 Å². The smallest absolute Gasteiger partial charge is 0.460 e. The van der Waals surface area contributed by atoms with Crippen LogP contribution >= 0.6 is 34.4 Å². The Hall–Kier alpha value is -3.91. The van der Waals surface area contributed by atoms with Crippen molar-refractivity contribution in [1.82, 2.24) is 0 Å². The first-order valence-electron chi connectivity index (χ1n) is 17.1. The van der Waals surface area contributed by atoms with Gasteiger partial charge in [-0.2, -0.15) is 87.4 Å². The molecule has 5 aromatic rings. The molecule has 0 saturated heterocycles. The predicted molar refractivity (Wildman–Crippen MR) is 213 cm³/mol. The van der Waals surface area contributed by atoms with Crippen LogP contribution in [0.15, 0.2) is 158 Å². The van der Waals surface area contributed by atoms with Crippen LogP contribution in [-0.2, 0) is 31.1 Å². The van der Waals surface area contributed by atoms with Gasteiger partial charge in [0.1, 0.15) is 0 Å². The SMILES string of the molecule is Ic1ccccc1-c1ccc(Sc2ccc([S+](c3ccccc3)c3ccccc3)cc2)cc1.O=S(=O)(O)C(F)(F)C(F)(F)C(F)(F)C(F)(F)F.O=S(=O)([O-])C(F)(F)C(F)(F)C(F)(F)C(F)(F)F. The Labute approximate surface area is 387 Å². The summed E-state index contributed by atoms with van der Waals surface area (Å²) in [5.74, 6) is -29.5. The van der Waals surface area contributed by atoms with Crippen LogP contribution in [0.3, 0.4) is 0 Å². The van der Waals surface area contributed by atoms with Crippen LogP contribution in [0.1, 0.15) is 0 Å². The number of hydrogen-bond donors (Lipinski definition) is 1. The van der Waals surface area contributed by atoms with E-state index in [4.69, 9.17) is 4.55 Å². The van der Waals surface area contributed by atoms with E-state index in [0.29, 0.717) is 0 Å². The summed E-state index contributed by atoms with van der Waals surface area (Å²) in [5, 5.41) is -14.1. The molecule has 0 unspecified atom stereocenters. The lowest BCUT2D eigenvalue weighted by atomic mass is 10.1. The molecule has 0 amide bonds. The molecule has 368 valence electrons. The first-order chi connectivity index (χ1) is 30.3. The maximum absolute atomic E-state index is 12.2. The average molecular weight is 1170 g/mol. The summed E-state index contributed by atoms with van der Waals surface area (Å²) in [6.45, 7) is 0. The van der Waals surface area contributed by atoms with Gasteiger partial charge in [0.2, 0.25) is 0 Å². The highest BCUT2D eigenvalue weighted by molar-refractivity contribution is 14.1. The zero-order chi connectivity index (χ0) is 51.5. The van der Waals surface area contributed by atoms with E-state index in [0.717, 1.165) is 0 Å². The van der Waals surface area contributed by atoms with Gasteiger partial charge in [-0.15, -0.1) is 0 Å². The Morgan fingerprint density at radius 3 is 1.12 bits per heavy atom. The van der Waals surface area contributed by atoms with E-state index < -0.39 is 66.8 Å². The van der Waals surface area contributed by atoms with Gasteiger partial charge in [0.15, 0.2) is 24.8 Å². The molecule has 0 fully saturated rings. The fraction of sp³-hybridized carbons (Fsp3) is 0.211. The monoisotopic (exact) mass is 1170 g/mol. The summed E-state index contributed by atoms with van der Waals surface area (Å²) < 4.78 is 271. The predicted octanol–water partition coefficient (Wildman–Crippen LogP) is 13.5. The zero-order valence-corrected chi connectivity index (χ0v) is 37.4. The van der Waals surface area contributed by atoms with Gasteiger partial charge >= 0.3 is 56.7 Å². The van der Waals surface area contributed by atoms with E-state index in [9.17, 15) is 100 Å². The molecule has 0 aliphatic carbocycles. The summed E-state index contributed by atoms with van der Waals surface area (Å²) in [7, 11) is -14.7. The zero-order valence-electron chi connectivity index (χ0n) is 32.0. The molecule has 5 aromatic carbocycles. The minimum atomic E-state index is -7.43. The molecular weight excluding hydrogens is 1150 g/mol. The van der Waals surface area contributed by atoms with Crippen molar-refractivity contribution in [1.29, 1.82) is 0 Å². The number of hydrogen-bond acceptors (Lipinski definition) is 6. The van der Waals surface area contributed by atoms with Crippen molar-refractivity contribution in [2.24, 2.45) is 0 Å². The van der Waals surface area contributed by atoms with Crippen LogP contribution in [0.2, 0.25) is 0 Å². The third-order valence-electron chi connectivity index (χ3n) is 8.16. The largest absolute Gasteiger partial charge is 0.743 e. The Morgan fingerprint density at radius 2 is 0.776 bits per heavy atom. The van der Waals surface area contributed by atoms with Gasteiger partial charge in [0.25, 0.3) is 0 Å². The summed E-state index contributed by atoms with van der Waals surface area (Å²) >= 11 is 4.21. The minimum absolute atomic E-state index is 0.106. The third kappa shape index (κ3) is 12.3. The summed E-state index contributed by atoms with van der Waals surface area (Å²) in [6, 6.07) is 48.1. The molecule has 0 radical (unpaired) electrons. The number of rotatable bonds is 12. The van der Waals surface area contributed by atoms with Crippen LogP contribution in [-0.4, -0.2) is 72.5 Å². The van der Waals surface area contributed by atoms with Crippen molar-refractivity contribution in [3.05, 3.63) is 137 Å². The Kier molecular flexibility index (Phi) is 17.6. The standard InChI is InChI=1S/C30H22IS2.2C4HF9O3S/c31-30-14-8-7-13-29(30)23-15-17-24(18-16-23)32-25-19-21-28(22-20-25)33(26-9-3-1-4-10-26)27-11-5-2-6-12-27;2*5-1(6,3(9,10)11)2(7,8)4(12,13)17(14,15)16/h1-22H;2*(H,14,15,16)/q+1;;/p-1. The second kappa shape index (κ2) is 20.6. The van der Waals surface area contributed by atoms with Gasteiger partial charge in [-0.25, -0.2) is 8.42 Å². The van der Waals surface area contributed by atoms with Gasteiger partial charge in [0, 0.05) is 13.4 Å². The lowest BCUT2D eigenvalue weighted by Crippen LogP contribution is -2.63. The molecule has 6 nitrogen and oxygen atoms in total. The maximum atomic E-state index is 12.2. The van der Waals surface area contributed by atoms with Crippen molar-refractivity contribution < 1.29 is 105 Å².